The van der Waals surface area contributed by atoms with Crippen molar-refractivity contribution in [2.45, 2.75) is 31.9 Å². The fraction of sp³-hybridized carbons (Fsp3) is 0.333. The van der Waals surface area contributed by atoms with Crippen LogP contribution in [0.15, 0.2) is 48.5 Å². The molecule has 2 N–H and O–H groups in total. The Hall–Kier alpha value is -2.00. The van der Waals surface area contributed by atoms with Crippen LogP contribution in [0.25, 0.3) is 0 Å². The van der Waals surface area contributed by atoms with Crippen LogP contribution in [0.1, 0.15) is 30.5 Å². The van der Waals surface area contributed by atoms with Crippen LogP contribution in [0.5, 0.6) is 11.5 Å². The highest BCUT2D eigenvalue weighted by Crippen LogP contribution is 2.34. The summed E-state index contributed by atoms with van der Waals surface area (Å²) in [6, 6.07) is 16.0. The van der Waals surface area contributed by atoms with Crippen LogP contribution >= 0.6 is 0 Å². The second-order valence-corrected chi connectivity index (χ2v) is 5.30. The van der Waals surface area contributed by atoms with E-state index in [1.165, 1.54) is 11.1 Å². The minimum absolute atomic E-state index is 0.0125. The van der Waals surface area contributed by atoms with Gasteiger partial charge < -0.3 is 15.2 Å². The molecule has 2 aromatic rings. The van der Waals surface area contributed by atoms with Crippen LogP contribution in [-0.4, -0.2) is 12.7 Å². The third kappa shape index (κ3) is 2.88. The molecule has 2 unspecified atom stereocenters. The van der Waals surface area contributed by atoms with Crippen molar-refractivity contribution in [1.29, 1.82) is 0 Å². The summed E-state index contributed by atoms with van der Waals surface area (Å²) in [6.45, 7) is 2.60. The summed E-state index contributed by atoms with van der Waals surface area (Å²) < 4.78 is 11.8. The van der Waals surface area contributed by atoms with Crippen molar-refractivity contribution in [2.75, 3.05) is 6.61 Å². The molecule has 3 nitrogen and oxygen atoms in total. The van der Waals surface area contributed by atoms with Crippen molar-refractivity contribution in [2.24, 2.45) is 5.73 Å². The summed E-state index contributed by atoms with van der Waals surface area (Å²) in [5.74, 6) is 1.56. The smallest absolute Gasteiger partial charge is 0.161 e. The highest BCUT2D eigenvalue weighted by Gasteiger charge is 2.28. The molecule has 3 heteroatoms. The Morgan fingerprint density at radius 3 is 2.57 bits per heavy atom. The van der Waals surface area contributed by atoms with Gasteiger partial charge in [-0.1, -0.05) is 36.4 Å². The van der Waals surface area contributed by atoms with Crippen molar-refractivity contribution in [1.82, 2.24) is 0 Å². The van der Waals surface area contributed by atoms with E-state index in [4.69, 9.17) is 15.2 Å². The maximum absolute atomic E-state index is 6.40. The van der Waals surface area contributed by atoms with E-state index in [1.54, 1.807) is 0 Å². The van der Waals surface area contributed by atoms with Crippen LogP contribution in [-0.2, 0) is 6.42 Å². The lowest BCUT2D eigenvalue weighted by Crippen LogP contribution is -2.35. The quantitative estimate of drug-likeness (QED) is 0.934. The van der Waals surface area contributed by atoms with Gasteiger partial charge in [0.05, 0.1) is 12.6 Å². The molecule has 0 bridgehead atoms. The predicted molar refractivity (Wildman–Crippen MR) is 83.7 cm³/mol. The first kappa shape index (κ1) is 14.0. The van der Waals surface area contributed by atoms with E-state index in [-0.39, 0.29) is 12.1 Å². The Morgan fingerprint density at radius 1 is 1.05 bits per heavy atom. The van der Waals surface area contributed by atoms with Gasteiger partial charge in [-0.25, -0.2) is 0 Å². The fourth-order valence-electron chi connectivity index (χ4n) is 2.88. The van der Waals surface area contributed by atoms with E-state index < -0.39 is 0 Å². The molecule has 2 aromatic carbocycles. The number of benzene rings is 2. The van der Waals surface area contributed by atoms with E-state index in [1.807, 2.05) is 37.3 Å². The van der Waals surface area contributed by atoms with Crippen molar-refractivity contribution < 1.29 is 9.47 Å². The zero-order chi connectivity index (χ0) is 14.7. The molecule has 0 saturated carbocycles. The van der Waals surface area contributed by atoms with Gasteiger partial charge in [0.15, 0.2) is 11.5 Å². The molecular weight excluding hydrogens is 262 g/mol. The molecule has 0 amide bonds. The highest BCUT2D eigenvalue weighted by atomic mass is 16.5. The maximum atomic E-state index is 6.40. The minimum Gasteiger partial charge on any atom is -0.490 e. The number of fused-ring (bicyclic) bond motifs is 1. The number of para-hydroxylation sites is 2. The lowest BCUT2D eigenvalue weighted by Gasteiger charge is -2.31. The zero-order valence-corrected chi connectivity index (χ0v) is 12.3. The molecule has 2 atom stereocenters. The van der Waals surface area contributed by atoms with Gasteiger partial charge >= 0.3 is 0 Å². The molecule has 3 rings (SSSR count). The molecule has 1 aliphatic carbocycles. The SMILES string of the molecule is CCOc1ccccc1OC1CCc2ccccc2C1N. The molecule has 0 aliphatic heterocycles. The first-order valence-electron chi connectivity index (χ1n) is 7.51. The van der Waals surface area contributed by atoms with E-state index in [9.17, 15) is 0 Å². The molecule has 21 heavy (non-hydrogen) atoms. The summed E-state index contributed by atoms with van der Waals surface area (Å²) in [5.41, 5.74) is 8.93. The number of hydrogen-bond acceptors (Lipinski definition) is 3. The molecule has 0 aromatic heterocycles. The Balaban J connectivity index is 1.81. The van der Waals surface area contributed by atoms with Gasteiger partial charge in [-0.2, -0.15) is 0 Å². The van der Waals surface area contributed by atoms with Crippen molar-refractivity contribution in [3.8, 4) is 11.5 Å². The molecule has 0 radical (unpaired) electrons. The summed E-state index contributed by atoms with van der Waals surface area (Å²) in [6.07, 6.45) is 1.92. The number of ether oxygens (including phenoxy) is 2. The second kappa shape index (κ2) is 6.19. The summed E-state index contributed by atoms with van der Waals surface area (Å²) in [7, 11) is 0. The Bertz CT molecular complexity index is 612. The number of aryl methyl sites for hydroxylation is 1. The number of hydrogen-bond donors (Lipinski definition) is 1. The zero-order valence-electron chi connectivity index (χ0n) is 12.3. The van der Waals surface area contributed by atoms with E-state index >= 15 is 0 Å². The van der Waals surface area contributed by atoms with Crippen molar-refractivity contribution in [3.63, 3.8) is 0 Å². The van der Waals surface area contributed by atoms with Crippen LogP contribution in [0, 0.1) is 0 Å². The summed E-state index contributed by atoms with van der Waals surface area (Å²) >= 11 is 0. The van der Waals surface area contributed by atoms with Gasteiger partial charge in [-0.3, -0.25) is 0 Å². The van der Waals surface area contributed by atoms with Crippen molar-refractivity contribution >= 4 is 0 Å². The second-order valence-electron chi connectivity index (χ2n) is 5.30. The topological polar surface area (TPSA) is 44.5 Å². The van der Waals surface area contributed by atoms with Crippen LogP contribution in [0.2, 0.25) is 0 Å². The molecule has 110 valence electrons. The normalized spacial score (nSPS) is 20.7. The maximum Gasteiger partial charge on any atom is 0.161 e. The molecule has 1 aliphatic rings. The third-order valence-corrected chi connectivity index (χ3v) is 3.94. The van der Waals surface area contributed by atoms with Gasteiger partial charge in [0.1, 0.15) is 6.10 Å². The largest absolute Gasteiger partial charge is 0.490 e. The van der Waals surface area contributed by atoms with Gasteiger partial charge in [-0.15, -0.1) is 0 Å². The van der Waals surface area contributed by atoms with Gasteiger partial charge in [0, 0.05) is 0 Å². The lowest BCUT2D eigenvalue weighted by atomic mass is 9.86. The predicted octanol–water partition coefficient (Wildman–Crippen LogP) is 3.48. The highest BCUT2D eigenvalue weighted by molar-refractivity contribution is 5.40. The molecule has 0 heterocycles. The monoisotopic (exact) mass is 283 g/mol. The lowest BCUT2D eigenvalue weighted by molar-refractivity contribution is 0.146. The van der Waals surface area contributed by atoms with Crippen molar-refractivity contribution in [3.05, 3.63) is 59.7 Å². The van der Waals surface area contributed by atoms with Crippen LogP contribution in [0.3, 0.4) is 0 Å². The Labute approximate surface area is 125 Å². The minimum atomic E-state index is -0.0929. The summed E-state index contributed by atoms with van der Waals surface area (Å²) in [4.78, 5) is 0. The molecule has 0 spiro atoms. The summed E-state index contributed by atoms with van der Waals surface area (Å²) in [5, 5.41) is 0. The number of nitrogens with two attached hydrogens (primary N) is 1. The van der Waals surface area contributed by atoms with E-state index in [0.29, 0.717) is 6.61 Å². The van der Waals surface area contributed by atoms with Gasteiger partial charge in [0.2, 0.25) is 0 Å². The standard InChI is InChI=1S/C18H21NO2/c1-2-20-15-9-5-6-10-16(15)21-17-12-11-13-7-3-4-8-14(13)18(17)19/h3-10,17-18H,2,11-12,19H2,1H3. The molecule has 0 saturated heterocycles. The molecular formula is C18H21NO2. The van der Waals surface area contributed by atoms with E-state index in [2.05, 4.69) is 18.2 Å². The first-order chi connectivity index (χ1) is 10.3. The van der Waals surface area contributed by atoms with Gasteiger partial charge in [-0.05, 0) is 43.0 Å². The van der Waals surface area contributed by atoms with E-state index in [0.717, 1.165) is 24.3 Å². The fourth-order valence-corrected chi connectivity index (χ4v) is 2.88. The number of rotatable bonds is 4. The molecule has 0 fully saturated rings. The average Bonchev–Trinajstić information content (AvgIpc) is 2.52. The van der Waals surface area contributed by atoms with Gasteiger partial charge in [0.25, 0.3) is 0 Å². The van der Waals surface area contributed by atoms with Crippen LogP contribution in [0.4, 0.5) is 0 Å². The Morgan fingerprint density at radius 2 is 1.76 bits per heavy atom. The first-order valence-corrected chi connectivity index (χ1v) is 7.51. The Kier molecular flexibility index (Phi) is 4.11. The third-order valence-electron chi connectivity index (χ3n) is 3.94. The van der Waals surface area contributed by atoms with Crippen LogP contribution < -0.4 is 15.2 Å². The average molecular weight is 283 g/mol.